The predicted molar refractivity (Wildman–Crippen MR) is 80.2 cm³/mol. The minimum absolute atomic E-state index is 0.222. The smallest absolute Gasteiger partial charge is 0.310 e. The summed E-state index contributed by atoms with van der Waals surface area (Å²) in [7, 11) is 1.39. The number of aryl methyl sites for hydroxylation is 1. The third-order valence-corrected chi connectivity index (χ3v) is 4.01. The van der Waals surface area contributed by atoms with E-state index in [0.29, 0.717) is 18.7 Å². The molecule has 0 saturated carbocycles. The van der Waals surface area contributed by atoms with Gasteiger partial charge in [-0.25, -0.2) is 0 Å². The summed E-state index contributed by atoms with van der Waals surface area (Å²) >= 11 is 1.59. The van der Waals surface area contributed by atoms with Gasteiger partial charge in [0.2, 0.25) is 0 Å². The summed E-state index contributed by atoms with van der Waals surface area (Å²) in [5.74, 6) is 0.0764. The molecule has 0 fully saturated rings. The highest BCUT2D eigenvalue weighted by molar-refractivity contribution is 7.12. The normalized spacial score (nSPS) is 10.3. The number of anilines is 1. The van der Waals surface area contributed by atoms with Crippen LogP contribution in [0, 0.1) is 6.92 Å². The third kappa shape index (κ3) is 3.74. The van der Waals surface area contributed by atoms with Crippen LogP contribution in [0.5, 0.6) is 5.75 Å². The first kappa shape index (κ1) is 14.4. The van der Waals surface area contributed by atoms with Crippen molar-refractivity contribution in [1.29, 1.82) is 0 Å². The van der Waals surface area contributed by atoms with Gasteiger partial charge in [0, 0.05) is 22.0 Å². The summed E-state index contributed by atoms with van der Waals surface area (Å²) in [4.78, 5) is 13.3. The summed E-state index contributed by atoms with van der Waals surface area (Å²) in [6.07, 6.45) is 0.319. The molecular weight excluding hydrogens is 274 g/mol. The van der Waals surface area contributed by atoms with E-state index in [-0.39, 0.29) is 5.97 Å². The molecule has 20 heavy (non-hydrogen) atoms. The van der Waals surface area contributed by atoms with Crippen molar-refractivity contribution >= 4 is 23.0 Å². The molecular formula is C15H17NO3S. The molecule has 1 aromatic carbocycles. The van der Waals surface area contributed by atoms with Gasteiger partial charge in [-0.05, 0) is 42.8 Å². The molecule has 0 spiro atoms. The SMILES string of the molecule is COC(=O)Cc1ccc(CNc2ccc(O)c(C)c2)s1. The number of methoxy groups -OCH3 is 1. The molecule has 1 heterocycles. The Labute approximate surface area is 122 Å². The lowest BCUT2D eigenvalue weighted by molar-refractivity contribution is -0.139. The van der Waals surface area contributed by atoms with Gasteiger partial charge in [0.25, 0.3) is 0 Å². The van der Waals surface area contributed by atoms with Crippen LogP contribution in [0.3, 0.4) is 0 Å². The predicted octanol–water partition coefficient (Wildman–Crippen LogP) is 3.09. The molecule has 0 atom stereocenters. The Morgan fingerprint density at radius 2 is 2.05 bits per heavy atom. The number of phenolic OH excluding ortho intramolecular Hbond substituents is 1. The molecule has 0 radical (unpaired) electrons. The Hall–Kier alpha value is -2.01. The maximum Gasteiger partial charge on any atom is 0.310 e. The first-order chi connectivity index (χ1) is 9.58. The molecule has 106 valence electrons. The highest BCUT2D eigenvalue weighted by atomic mass is 32.1. The van der Waals surface area contributed by atoms with Crippen molar-refractivity contribution in [3.05, 3.63) is 45.6 Å². The highest BCUT2D eigenvalue weighted by Crippen LogP contribution is 2.22. The lowest BCUT2D eigenvalue weighted by atomic mass is 10.2. The monoisotopic (exact) mass is 291 g/mol. The third-order valence-electron chi connectivity index (χ3n) is 2.93. The summed E-state index contributed by atoms with van der Waals surface area (Å²) in [5, 5.41) is 12.8. The van der Waals surface area contributed by atoms with Crippen LogP contribution >= 0.6 is 11.3 Å². The van der Waals surface area contributed by atoms with E-state index in [1.54, 1.807) is 17.4 Å². The molecule has 0 bridgehead atoms. The number of benzene rings is 1. The Bertz CT molecular complexity index is 607. The molecule has 2 aromatic rings. The van der Waals surface area contributed by atoms with Crippen LogP contribution in [0.2, 0.25) is 0 Å². The Morgan fingerprint density at radius 1 is 1.30 bits per heavy atom. The van der Waals surface area contributed by atoms with E-state index in [1.165, 1.54) is 7.11 Å². The Morgan fingerprint density at radius 3 is 2.75 bits per heavy atom. The molecule has 4 nitrogen and oxygen atoms in total. The van der Waals surface area contributed by atoms with E-state index in [0.717, 1.165) is 21.0 Å². The van der Waals surface area contributed by atoms with Crippen molar-refractivity contribution < 1.29 is 14.6 Å². The molecule has 0 amide bonds. The van der Waals surface area contributed by atoms with E-state index in [2.05, 4.69) is 10.1 Å². The fourth-order valence-corrected chi connectivity index (χ4v) is 2.72. The Kier molecular flexibility index (Phi) is 4.63. The van der Waals surface area contributed by atoms with E-state index < -0.39 is 0 Å². The van der Waals surface area contributed by atoms with Crippen molar-refractivity contribution in [2.24, 2.45) is 0 Å². The number of hydrogen-bond donors (Lipinski definition) is 2. The van der Waals surface area contributed by atoms with Crippen LogP contribution in [0.4, 0.5) is 5.69 Å². The van der Waals surface area contributed by atoms with Gasteiger partial charge in [0.1, 0.15) is 5.75 Å². The molecule has 0 unspecified atom stereocenters. The van der Waals surface area contributed by atoms with Crippen LogP contribution in [0.25, 0.3) is 0 Å². The summed E-state index contributed by atoms with van der Waals surface area (Å²) < 4.78 is 4.65. The number of aromatic hydroxyl groups is 1. The zero-order chi connectivity index (χ0) is 14.5. The molecule has 5 heteroatoms. The fourth-order valence-electron chi connectivity index (χ4n) is 1.78. The maximum absolute atomic E-state index is 11.2. The molecule has 0 saturated heterocycles. The maximum atomic E-state index is 11.2. The van der Waals surface area contributed by atoms with Crippen LogP contribution < -0.4 is 5.32 Å². The summed E-state index contributed by atoms with van der Waals surface area (Å²) in [5.41, 5.74) is 1.80. The number of phenols is 1. The molecule has 0 aliphatic heterocycles. The zero-order valence-electron chi connectivity index (χ0n) is 11.5. The van der Waals surface area contributed by atoms with Crippen LogP contribution in [-0.2, 0) is 22.5 Å². The van der Waals surface area contributed by atoms with Crippen LogP contribution in [0.1, 0.15) is 15.3 Å². The standard InChI is InChI=1S/C15H17NO3S/c1-10-7-11(3-6-14(10)17)16-9-13-5-4-12(20-13)8-15(18)19-2/h3-7,16-17H,8-9H2,1-2H3. The highest BCUT2D eigenvalue weighted by Gasteiger charge is 2.06. The number of esters is 1. The molecule has 1 aromatic heterocycles. The number of thiophene rings is 1. The first-order valence-corrected chi connectivity index (χ1v) is 7.08. The number of rotatable bonds is 5. The largest absolute Gasteiger partial charge is 0.508 e. The van der Waals surface area contributed by atoms with Crippen molar-refractivity contribution in [1.82, 2.24) is 0 Å². The molecule has 0 aliphatic carbocycles. The van der Waals surface area contributed by atoms with Gasteiger partial charge >= 0.3 is 5.97 Å². The van der Waals surface area contributed by atoms with Crippen molar-refractivity contribution in [3.8, 4) is 5.75 Å². The summed E-state index contributed by atoms with van der Waals surface area (Å²) in [6.45, 7) is 2.55. The van der Waals surface area contributed by atoms with E-state index >= 15 is 0 Å². The second kappa shape index (κ2) is 6.43. The van der Waals surface area contributed by atoms with Gasteiger partial charge in [-0.3, -0.25) is 4.79 Å². The summed E-state index contributed by atoms with van der Waals surface area (Å²) in [6, 6.07) is 9.36. The van der Waals surface area contributed by atoms with Crippen molar-refractivity contribution in [3.63, 3.8) is 0 Å². The lowest BCUT2D eigenvalue weighted by Gasteiger charge is -2.06. The quantitative estimate of drug-likeness (QED) is 0.656. The van der Waals surface area contributed by atoms with Crippen molar-refractivity contribution in [2.75, 3.05) is 12.4 Å². The first-order valence-electron chi connectivity index (χ1n) is 6.26. The average molecular weight is 291 g/mol. The fraction of sp³-hybridized carbons (Fsp3) is 0.267. The molecule has 0 aliphatic rings. The number of carbonyl (C=O) groups is 1. The zero-order valence-corrected chi connectivity index (χ0v) is 12.3. The van der Waals surface area contributed by atoms with Gasteiger partial charge < -0.3 is 15.2 Å². The minimum atomic E-state index is -0.222. The van der Waals surface area contributed by atoms with Gasteiger partial charge in [-0.2, -0.15) is 0 Å². The number of ether oxygens (including phenoxy) is 1. The topological polar surface area (TPSA) is 58.6 Å². The van der Waals surface area contributed by atoms with Gasteiger partial charge in [-0.1, -0.05) is 0 Å². The molecule has 2 rings (SSSR count). The van der Waals surface area contributed by atoms with Gasteiger partial charge in [0.15, 0.2) is 0 Å². The second-order valence-corrected chi connectivity index (χ2v) is 5.73. The average Bonchev–Trinajstić information content (AvgIpc) is 2.87. The van der Waals surface area contributed by atoms with E-state index in [1.807, 2.05) is 31.2 Å². The van der Waals surface area contributed by atoms with Crippen LogP contribution in [-0.4, -0.2) is 18.2 Å². The van der Waals surface area contributed by atoms with Crippen molar-refractivity contribution in [2.45, 2.75) is 19.9 Å². The molecule has 2 N–H and O–H groups in total. The van der Waals surface area contributed by atoms with Gasteiger partial charge in [0.05, 0.1) is 13.5 Å². The number of nitrogens with one attached hydrogen (secondary N) is 1. The lowest BCUT2D eigenvalue weighted by Crippen LogP contribution is -2.02. The van der Waals surface area contributed by atoms with E-state index in [4.69, 9.17) is 0 Å². The van der Waals surface area contributed by atoms with E-state index in [9.17, 15) is 9.90 Å². The number of carbonyl (C=O) groups excluding carboxylic acids is 1. The van der Waals surface area contributed by atoms with Gasteiger partial charge in [-0.15, -0.1) is 11.3 Å². The van der Waals surface area contributed by atoms with Crippen LogP contribution in [0.15, 0.2) is 30.3 Å². The second-order valence-electron chi connectivity index (χ2n) is 4.48. The Balaban J connectivity index is 1.93. The number of hydrogen-bond acceptors (Lipinski definition) is 5. The minimum Gasteiger partial charge on any atom is -0.508 e.